The molecule has 3 saturated carbocycles. The van der Waals surface area contributed by atoms with Gasteiger partial charge in [0.25, 0.3) is 11.5 Å². The lowest BCUT2D eigenvalue weighted by molar-refractivity contribution is 0.101. The highest BCUT2D eigenvalue weighted by Gasteiger charge is 2.39. The van der Waals surface area contributed by atoms with Crippen LogP contribution in [0.4, 0.5) is 5.69 Å². The van der Waals surface area contributed by atoms with E-state index >= 15 is 0 Å². The summed E-state index contributed by atoms with van der Waals surface area (Å²) in [7, 11) is 1.90. The molecule has 3 aliphatic carbocycles. The molecule has 7 nitrogen and oxygen atoms in total. The fraction of sp³-hybridized carbons (Fsp3) is 0.731. The third-order valence-corrected chi connectivity index (χ3v) is 9.01. The van der Waals surface area contributed by atoms with E-state index in [1.54, 1.807) is 0 Å². The molecule has 1 N–H and O–H groups in total. The van der Waals surface area contributed by atoms with Crippen molar-refractivity contribution >= 4 is 11.6 Å². The van der Waals surface area contributed by atoms with E-state index in [1.807, 2.05) is 30.3 Å². The van der Waals surface area contributed by atoms with Crippen molar-refractivity contribution in [2.24, 2.45) is 12.5 Å². The van der Waals surface area contributed by atoms with Gasteiger partial charge in [-0.15, -0.1) is 0 Å². The molecule has 0 radical (unpaired) electrons. The molecule has 3 fully saturated rings. The van der Waals surface area contributed by atoms with Crippen LogP contribution < -0.4 is 10.9 Å². The number of anilines is 1. The number of hydrogen-bond acceptors (Lipinski definition) is 4. The number of carbonyl (C=O) groups excluding carboxylic acids is 1. The Bertz CT molecular complexity index is 1070. The minimum absolute atomic E-state index is 0.120. The summed E-state index contributed by atoms with van der Waals surface area (Å²) in [6, 6.07) is 0.204. The molecule has 1 spiro atoms. The topological polar surface area (TPSA) is 82.1 Å². The maximum Gasteiger partial charge on any atom is 0.291 e. The highest BCUT2D eigenvalue weighted by Crippen LogP contribution is 2.52. The van der Waals surface area contributed by atoms with Crippen LogP contribution in [0.1, 0.15) is 123 Å². The third kappa shape index (κ3) is 3.97. The summed E-state index contributed by atoms with van der Waals surface area (Å²) in [5, 5.41) is 7.03. The van der Waals surface area contributed by atoms with Gasteiger partial charge in [-0.3, -0.25) is 14.3 Å². The van der Waals surface area contributed by atoms with Crippen LogP contribution in [0.5, 0.6) is 0 Å². The summed E-state index contributed by atoms with van der Waals surface area (Å²) in [6.07, 6.45) is 15.8. The first-order valence-electron chi connectivity index (χ1n) is 13.0. The van der Waals surface area contributed by atoms with Crippen LogP contribution in [0.3, 0.4) is 0 Å². The smallest absolute Gasteiger partial charge is 0.291 e. The molecule has 0 aromatic carbocycles. The quantitative estimate of drug-likeness (QED) is 0.636. The van der Waals surface area contributed by atoms with Gasteiger partial charge in [0.1, 0.15) is 11.4 Å². The van der Waals surface area contributed by atoms with Gasteiger partial charge in [0.05, 0.1) is 11.7 Å². The Kier molecular flexibility index (Phi) is 6.00. The van der Waals surface area contributed by atoms with E-state index in [4.69, 9.17) is 4.52 Å². The average Bonchev–Trinajstić information content (AvgIpc) is 3.49. The van der Waals surface area contributed by atoms with Gasteiger partial charge in [-0.25, -0.2) is 4.68 Å². The maximum absolute atomic E-state index is 13.2. The third-order valence-electron chi connectivity index (χ3n) is 9.01. The Labute approximate surface area is 195 Å². The van der Waals surface area contributed by atoms with Gasteiger partial charge in [0.15, 0.2) is 5.69 Å². The molecule has 0 unspecified atom stereocenters. The second-order valence-electron chi connectivity index (χ2n) is 10.9. The molecule has 180 valence electrons. The van der Waals surface area contributed by atoms with Crippen LogP contribution in [0.2, 0.25) is 0 Å². The van der Waals surface area contributed by atoms with E-state index < -0.39 is 0 Å². The van der Waals surface area contributed by atoms with Gasteiger partial charge in [0.2, 0.25) is 0 Å². The highest BCUT2D eigenvalue weighted by atomic mass is 16.5. The lowest BCUT2D eigenvalue weighted by Gasteiger charge is -2.36. The zero-order chi connectivity index (χ0) is 23.2. The Balaban J connectivity index is 1.32. The zero-order valence-electron chi connectivity index (χ0n) is 20.4. The molecule has 3 aliphatic rings. The Hall–Kier alpha value is -2.31. The summed E-state index contributed by atoms with van der Waals surface area (Å²) in [4.78, 5) is 26.4. The van der Waals surface area contributed by atoms with E-state index in [-0.39, 0.29) is 17.5 Å². The van der Waals surface area contributed by atoms with Crippen LogP contribution in [-0.4, -0.2) is 20.4 Å². The molecule has 0 bridgehead atoms. The first-order valence-corrected chi connectivity index (χ1v) is 13.0. The number of nitrogens with zero attached hydrogens (tertiary/aromatic N) is 3. The maximum atomic E-state index is 13.2. The lowest BCUT2D eigenvalue weighted by Crippen LogP contribution is -2.29. The second-order valence-corrected chi connectivity index (χ2v) is 10.9. The number of aromatic nitrogens is 3. The molecular formula is C26H38N4O3. The Morgan fingerprint density at radius 2 is 1.67 bits per heavy atom. The van der Waals surface area contributed by atoms with E-state index in [0.717, 1.165) is 55.5 Å². The zero-order valence-corrected chi connectivity index (χ0v) is 20.4. The van der Waals surface area contributed by atoms with Crippen LogP contribution in [0, 0.1) is 19.3 Å². The largest absolute Gasteiger partial charge is 0.360 e. The first-order chi connectivity index (χ1) is 15.9. The Morgan fingerprint density at radius 3 is 2.33 bits per heavy atom. The van der Waals surface area contributed by atoms with Gasteiger partial charge in [-0.05, 0) is 70.6 Å². The van der Waals surface area contributed by atoms with Crippen molar-refractivity contribution < 1.29 is 9.32 Å². The van der Waals surface area contributed by atoms with E-state index in [9.17, 15) is 9.59 Å². The predicted octanol–water partition coefficient (Wildman–Crippen LogP) is 5.77. The molecular weight excluding hydrogens is 416 g/mol. The fourth-order valence-corrected chi connectivity index (χ4v) is 6.84. The number of carbonyl (C=O) groups is 1. The SMILES string of the molecule is Cc1c(C(=O)Nc2c(C)n(C)n(C3CCCCC3)c2=O)noc1C1CCC2(CCCC2)CC1. The molecule has 2 aromatic rings. The number of rotatable bonds is 4. The van der Waals surface area contributed by atoms with E-state index in [2.05, 4.69) is 10.5 Å². The fourth-order valence-electron chi connectivity index (χ4n) is 6.84. The van der Waals surface area contributed by atoms with E-state index in [1.165, 1.54) is 44.9 Å². The van der Waals surface area contributed by atoms with Crippen molar-refractivity contribution in [3.8, 4) is 0 Å². The van der Waals surface area contributed by atoms with Gasteiger partial charge in [-0.1, -0.05) is 37.3 Å². The summed E-state index contributed by atoms with van der Waals surface area (Å²) >= 11 is 0. The molecule has 1 amide bonds. The van der Waals surface area contributed by atoms with E-state index in [0.29, 0.717) is 22.7 Å². The number of hydrogen-bond donors (Lipinski definition) is 1. The van der Waals surface area contributed by atoms with Crippen molar-refractivity contribution in [2.45, 2.75) is 109 Å². The lowest BCUT2D eigenvalue weighted by atomic mass is 9.68. The Morgan fingerprint density at radius 1 is 1.00 bits per heavy atom. The van der Waals surface area contributed by atoms with Gasteiger partial charge in [0, 0.05) is 18.5 Å². The number of amides is 1. The van der Waals surface area contributed by atoms with Gasteiger partial charge >= 0.3 is 0 Å². The molecule has 2 heterocycles. The van der Waals surface area contributed by atoms with Crippen LogP contribution in [-0.2, 0) is 7.05 Å². The van der Waals surface area contributed by atoms with Crippen LogP contribution in [0.25, 0.3) is 0 Å². The average molecular weight is 455 g/mol. The number of nitrogens with one attached hydrogen (secondary N) is 1. The molecule has 33 heavy (non-hydrogen) atoms. The second kappa shape index (κ2) is 8.80. The minimum Gasteiger partial charge on any atom is -0.360 e. The first kappa shape index (κ1) is 22.5. The van der Waals surface area contributed by atoms with Crippen molar-refractivity contribution in [1.29, 1.82) is 0 Å². The van der Waals surface area contributed by atoms with Gasteiger partial charge < -0.3 is 9.84 Å². The van der Waals surface area contributed by atoms with Crippen LogP contribution >= 0.6 is 0 Å². The molecule has 2 aromatic heterocycles. The van der Waals surface area contributed by atoms with Crippen molar-refractivity contribution in [3.63, 3.8) is 0 Å². The van der Waals surface area contributed by atoms with Gasteiger partial charge in [-0.2, -0.15) is 0 Å². The van der Waals surface area contributed by atoms with Crippen molar-refractivity contribution in [2.75, 3.05) is 5.32 Å². The summed E-state index contributed by atoms with van der Waals surface area (Å²) in [6.45, 7) is 3.82. The molecule has 7 heteroatoms. The standard InChI is InChI=1S/C26H38N4O3/c1-17-21(28-33-23(17)19-11-15-26(16-12-19)13-7-8-14-26)24(31)27-22-18(2)29(3)30(25(22)32)20-9-5-4-6-10-20/h19-20H,4-16H2,1-3H3,(H,27,31). The van der Waals surface area contributed by atoms with Crippen molar-refractivity contribution in [3.05, 3.63) is 33.1 Å². The molecule has 0 atom stereocenters. The summed E-state index contributed by atoms with van der Waals surface area (Å²) < 4.78 is 9.45. The summed E-state index contributed by atoms with van der Waals surface area (Å²) in [5.41, 5.74) is 2.70. The predicted molar refractivity (Wildman–Crippen MR) is 128 cm³/mol. The monoisotopic (exact) mass is 454 g/mol. The van der Waals surface area contributed by atoms with Crippen molar-refractivity contribution in [1.82, 2.24) is 14.5 Å². The van der Waals surface area contributed by atoms with Crippen LogP contribution in [0.15, 0.2) is 9.32 Å². The normalized spacial score (nSPS) is 21.7. The minimum atomic E-state index is -0.354. The molecule has 0 saturated heterocycles. The molecule has 5 rings (SSSR count). The highest BCUT2D eigenvalue weighted by molar-refractivity contribution is 6.04. The summed E-state index contributed by atoms with van der Waals surface area (Å²) in [5.74, 6) is 0.844. The molecule has 0 aliphatic heterocycles.